The molecule has 2 aliphatic rings. The molecular formula is C29H27F3N2O4. The first kappa shape index (κ1) is 25.6. The molecule has 198 valence electrons. The van der Waals surface area contributed by atoms with E-state index >= 15 is 0 Å². The molecule has 0 aromatic heterocycles. The number of fused-ring (bicyclic) bond motifs is 2. The fourth-order valence-electron chi connectivity index (χ4n) is 5.00. The number of alkyl halides is 3. The molecule has 2 aliphatic heterocycles. The summed E-state index contributed by atoms with van der Waals surface area (Å²) >= 11 is 0. The number of amides is 1. The van der Waals surface area contributed by atoms with Gasteiger partial charge in [-0.05, 0) is 85.0 Å². The van der Waals surface area contributed by atoms with Crippen molar-refractivity contribution in [3.63, 3.8) is 0 Å². The molecule has 0 spiro atoms. The van der Waals surface area contributed by atoms with Gasteiger partial charge < -0.3 is 19.3 Å². The highest BCUT2D eigenvalue weighted by Gasteiger charge is 2.33. The zero-order valence-corrected chi connectivity index (χ0v) is 20.9. The van der Waals surface area contributed by atoms with Crippen LogP contribution in [-0.2, 0) is 35.3 Å². The van der Waals surface area contributed by atoms with Crippen molar-refractivity contribution in [2.45, 2.75) is 39.1 Å². The maximum atomic E-state index is 13.0. The lowest BCUT2D eigenvalue weighted by atomic mass is 10.0. The van der Waals surface area contributed by atoms with Crippen LogP contribution >= 0.6 is 0 Å². The summed E-state index contributed by atoms with van der Waals surface area (Å²) in [6.45, 7) is 3.63. The van der Waals surface area contributed by atoms with Gasteiger partial charge in [-0.2, -0.15) is 13.2 Å². The van der Waals surface area contributed by atoms with Crippen LogP contribution in [0.5, 0.6) is 5.75 Å². The fraction of sp³-hybridized carbons (Fsp3) is 0.310. The molecular weight excluding hydrogens is 497 g/mol. The molecule has 0 saturated carbocycles. The largest absolute Gasteiger partial charge is 0.489 e. The Bertz CT molecular complexity index is 1350. The van der Waals surface area contributed by atoms with Gasteiger partial charge in [0.1, 0.15) is 18.9 Å². The van der Waals surface area contributed by atoms with E-state index in [4.69, 9.17) is 9.47 Å². The summed E-state index contributed by atoms with van der Waals surface area (Å²) in [5.41, 5.74) is 3.91. The van der Waals surface area contributed by atoms with Gasteiger partial charge in [-0.25, -0.2) is 0 Å². The first-order chi connectivity index (χ1) is 18.2. The number of carbonyl (C=O) groups is 2. The summed E-state index contributed by atoms with van der Waals surface area (Å²) in [4.78, 5) is 28.5. The van der Waals surface area contributed by atoms with Gasteiger partial charge in [-0.3, -0.25) is 9.59 Å². The second-order valence-electron chi connectivity index (χ2n) is 9.29. The molecule has 0 bridgehead atoms. The summed E-state index contributed by atoms with van der Waals surface area (Å²) in [7, 11) is 0. The molecule has 2 heterocycles. The smallest absolute Gasteiger partial charge is 0.416 e. The molecule has 0 N–H and O–H groups in total. The Morgan fingerprint density at radius 2 is 1.84 bits per heavy atom. The second-order valence-corrected chi connectivity index (χ2v) is 9.29. The van der Waals surface area contributed by atoms with Gasteiger partial charge >= 0.3 is 12.1 Å². The van der Waals surface area contributed by atoms with Crippen molar-refractivity contribution >= 4 is 23.3 Å². The standard InChI is InChI=1S/C29H27F3N2O4/c1-2-37-27(35)17-33-14-4-6-19-15-23(12-13-26(19)33)38-18-20-5-3-7-24-25(20)16-34(28(24)36)22-10-8-21(9-11-22)29(30,31)32/h3,5,7-13,15H,2,4,6,14,16-18H2,1H3. The highest BCUT2D eigenvalue weighted by atomic mass is 19.4. The number of ether oxygens (including phenoxy) is 2. The maximum Gasteiger partial charge on any atom is 0.416 e. The molecule has 0 saturated heterocycles. The number of rotatable bonds is 7. The molecule has 9 heteroatoms. The van der Waals surface area contributed by atoms with Crippen LogP contribution in [0, 0.1) is 0 Å². The Hall–Kier alpha value is -4.01. The number of hydrogen-bond acceptors (Lipinski definition) is 5. The van der Waals surface area contributed by atoms with Gasteiger partial charge in [-0.1, -0.05) is 12.1 Å². The van der Waals surface area contributed by atoms with Crippen molar-refractivity contribution in [1.29, 1.82) is 0 Å². The first-order valence-corrected chi connectivity index (χ1v) is 12.5. The van der Waals surface area contributed by atoms with Crippen LogP contribution in [0.1, 0.15) is 46.0 Å². The third kappa shape index (κ3) is 5.18. The van der Waals surface area contributed by atoms with E-state index in [1.54, 1.807) is 19.1 Å². The summed E-state index contributed by atoms with van der Waals surface area (Å²) in [6, 6.07) is 15.8. The molecule has 1 amide bonds. The van der Waals surface area contributed by atoms with Gasteiger partial charge in [0, 0.05) is 23.5 Å². The SMILES string of the molecule is CCOC(=O)CN1CCCc2cc(OCc3cccc4c3CN(c3ccc(C(F)(F)F)cc3)C4=O)ccc21. The van der Waals surface area contributed by atoms with E-state index in [0.717, 1.165) is 53.9 Å². The molecule has 6 nitrogen and oxygen atoms in total. The molecule has 0 unspecified atom stereocenters. The second kappa shape index (κ2) is 10.4. The van der Waals surface area contributed by atoms with Crippen LogP contribution in [0.15, 0.2) is 60.7 Å². The Balaban J connectivity index is 1.29. The van der Waals surface area contributed by atoms with Gasteiger partial charge in [0.05, 0.1) is 18.7 Å². The Labute approximate surface area is 218 Å². The van der Waals surface area contributed by atoms with E-state index in [9.17, 15) is 22.8 Å². The lowest BCUT2D eigenvalue weighted by Crippen LogP contribution is -2.35. The summed E-state index contributed by atoms with van der Waals surface area (Å²) in [5, 5.41) is 0. The number of anilines is 2. The van der Waals surface area contributed by atoms with E-state index in [2.05, 4.69) is 0 Å². The van der Waals surface area contributed by atoms with Crippen molar-refractivity contribution in [2.75, 3.05) is 29.5 Å². The summed E-state index contributed by atoms with van der Waals surface area (Å²) < 4.78 is 50.0. The van der Waals surface area contributed by atoms with Crippen LogP contribution < -0.4 is 14.5 Å². The average molecular weight is 525 g/mol. The zero-order chi connectivity index (χ0) is 26.9. The first-order valence-electron chi connectivity index (χ1n) is 12.5. The van der Waals surface area contributed by atoms with E-state index in [0.29, 0.717) is 23.6 Å². The van der Waals surface area contributed by atoms with Crippen molar-refractivity contribution in [3.8, 4) is 5.75 Å². The lowest BCUT2D eigenvalue weighted by molar-refractivity contribution is -0.141. The van der Waals surface area contributed by atoms with Crippen LogP contribution in [0.2, 0.25) is 0 Å². The highest BCUT2D eigenvalue weighted by Crippen LogP contribution is 2.35. The monoisotopic (exact) mass is 524 g/mol. The average Bonchev–Trinajstić information content (AvgIpc) is 3.24. The molecule has 3 aromatic rings. The summed E-state index contributed by atoms with van der Waals surface area (Å²) in [6.07, 6.45) is -2.63. The number of carbonyl (C=O) groups excluding carboxylic acids is 2. The molecule has 0 aliphatic carbocycles. The molecule has 0 radical (unpaired) electrons. The topological polar surface area (TPSA) is 59.1 Å². The molecule has 0 atom stereocenters. The Morgan fingerprint density at radius 3 is 2.58 bits per heavy atom. The summed E-state index contributed by atoms with van der Waals surface area (Å²) in [5.74, 6) is 0.179. The van der Waals surface area contributed by atoms with Crippen molar-refractivity contribution < 1.29 is 32.2 Å². The number of benzene rings is 3. The van der Waals surface area contributed by atoms with E-state index in [-0.39, 0.29) is 31.6 Å². The molecule has 0 fully saturated rings. The van der Waals surface area contributed by atoms with Gasteiger partial charge in [0.15, 0.2) is 0 Å². The van der Waals surface area contributed by atoms with Crippen molar-refractivity contribution in [3.05, 3.63) is 88.5 Å². The van der Waals surface area contributed by atoms with Crippen LogP contribution in [0.4, 0.5) is 24.5 Å². The minimum absolute atomic E-state index is 0.209. The Morgan fingerprint density at radius 1 is 1.05 bits per heavy atom. The van der Waals surface area contributed by atoms with Gasteiger partial charge in [0.2, 0.25) is 0 Å². The van der Waals surface area contributed by atoms with Crippen molar-refractivity contribution in [2.24, 2.45) is 0 Å². The van der Waals surface area contributed by atoms with Crippen molar-refractivity contribution in [1.82, 2.24) is 0 Å². The minimum atomic E-state index is -4.43. The number of aryl methyl sites for hydroxylation is 1. The van der Waals surface area contributed by atoms with E-state index in [1.807, 2.05) is 29.2 Å². The quantitative estimate of drug-likeness (QED) is 0.368. The van der Waals surface area contributed by atoms with Gasteiger partial charge in [0.25, 0.3) is 5.91 Å². The predicted octanol–water partition coefficient (Wildman–Crippen LogP) is 5.76. The van der Waals surface area contributed by atoms with E-state index < -0.39 is 11.7 Å². The van der Waals surface area contributed by atoms with Gasteiger partial charge in [-0.15, -0.1) is 0 Å². The third-order valence-corrected chi connectivity index (χ3v) is 6.86. The zero-order valence-electron chi connectivity index (χ0n) is 20.9. The maximum absolute atomic E-state index is 13.0. The number of nitrogens with zero attached hydrogens (tertiary/aromatic N) is 2. The third-order valence-electron chi connectivity index (χ3n) is 6.86. The van der Waals surface area contributed by atoms with Crippen LogP contribution in [0.3, 0.4) is 0 Å². The minimum Gasteiger partial charge on any atom is -0.489 e. The highest BCUT2D eigenvalue weighted by molar-refractivity contribution is 6.10. The van der Waals surface area contributed by atoms with Crippen LogP contribution in [-0.4, -0.2) is 31.6 Å². The fourth-order valence-corrected chi connectivity index (χ4v) is 5.00. The number of esters is 1. The number of halogens is 3. The van der Waals surface area contributed by atoms with E-state index in [1.165, 1.54) is 17.0 Å². The molecule has 5 rings (SSSR count). The lowest BCUT2D eigenvalue weighted by Gasteiger charge is -2.30. The number of hydrogen-bond donors (Lipinski definition) is 0. The molecule has 38 heavy (non-hydrogen) atoms. The molecule has 3 aromatic carbocycles. The Kier molecular flexibility index (Phi) is 7.01. The van der Waals surface area contributed by atoms with Crippen LogP contribution in [0.25, 0.3) is 0 Å². The normalized spacial score (nSPS) is 14.8. The predicted molar refractivity (Wildman–Crippen MR) is 136 cm³/mol.